The fourth-order valence-corrected chi connectivity index (χ4v) is 2.61. The van der Waals surface area contributed by atoms with Crippen molar-refractivity contribution in [3.05, 3.63) is 59.4 Å². The van der Waals surface area contributed by atoms with Gasteiger partial charge in [0, 0.05) is 36.3 Å². The second-order valence-corrected chi connectivity index (χ2v) is 7.40. The molecular weight excluding hydrogens is 382 g/mol. The second-order valence-electron chi connectivity index (χ2n) is 6.58. The first-order valence-corrected chi connectivity index (χ1v) is 9.70. The van der Waals surface area contributed by atoms with Gasteiger partial charge in [-0.1, -0.05) is 35.9 Å². The molecule has 0 aliphatic carbocycles. The Morgan fingerprint density at radius 1 is 1.04 bits per heavy atom. The highest BCUT2D eigenvalue weighted by atomic mass is 32.3. The normalized spacial score (nSPS) is 11.1. The number of nitrogens with zero attached hydrogens (tertiary/aromatic N) is 3. The van der Waals surface area contributed by atoms with Crippen LogP contribution >= 0.6 is 0 Å². The maximum Gasteiger partial charge on any atom is 0.228 e. The van der Waals surface area contributed by atoms with Crippen molar-refractivity contribution in [2.24, 2.45) is 0 Å². The van der Waals surface area contributed by atoms with E-state index in [4.69, 9.17) is 22.5 Å². The van der Waals surface area contributed by atoms with Gasteiger partial charge in [-0.15, -0.1) is 0 Å². The lowest BCUT2D eigenvalue weighted by Gasteiger charge is -2.11. The van der Waals surface area contributed by atoms with Gasteiger partial charge < -0.3 is 18.4 Å². The van der Waals surface area contributed by atoms with E-state index < -0.39 is 10.4 Å². The predicted molar refractivity (Wildman–Crippen MR) is 103 cm³/mol. The number of hydrogen-bond donors (Lipinski definition) is 0. The van der Waals surface area contributed by atoms with Crippen LogP contribution in [0.5, 0.6) is 0 Å². The number of hydrogen-bond acceptors (Lipinski definition) is 6. The predicted octanol–water partition coefficient (Wildman–Crippen LogP) is 1.91. The molecule has 0 N–H and O–H groups in total. The maximum atomic E-state index is 12.3. The molecule has 0 unspecified atom stereocenters. The van der Waals surface area contributed by atoms with Crippen LogP contribution in [0.2, 0.25) is 0 Å². The number of fused-ring (bicyclic) bond motifs is 1. The Kier molecular flexibility index (Phi) is 6.55. The zero-order valence-corrected chi connectivity index (χ0v) is 16.9. The average molecular weight is 403 g/mol. The van der Waals surface area contributed by atoms with Gasteiger partial charge in [-0.05, 0) is 25.5 Å². The van der Waals surface area contributed by atoms with Gasteiger partial charge in [-0.25, -0.2) is 4.98 Å². The SMILES string of the molecule is Cc1ccc(-c2nc3ccc(C)cn3c2CC(=O)N(C)C)cc1.O=S(=O)([O-])[O-]. The molecule has 0 aliphatic heterocycles. The summed E-state index contributed by atoms with van der Waals surface area (Å²) >= 11 is 0. The molecule has 0 bridgehead atoms. The molecule has 3 aromatic rings. The van der Waals surface area contributed by atoms with E-state index in [-0.39, 0.29) is 5.91 Å². The number of rotatable bonds is 3. The lowest BCUT2D eigenvalue weighted by Crippen LogP contribution is -2.24. The minimum absolute atomic E-state index is 0.0710. The summed E-state index contributed by atoms with van der Waals surface area (Å²) in [7, 11) is -1.61. The molecule has 9 heteroatoms. The first-order valence-electron chi connectivity index (χ1n) is 8.37. The summed E-state index contributed by atoms with van der Waals surface area (Å²) in [4.78, 5) is 18.6. The Morgan fingerprint density at radius 3 is 2.11 bits per heavy atom. The van der Waals surface area contributed by atoms with E-state index in [0.29, 0.717) is 6.42 Å². The first-order chi connectivity index (χ1) is 13.0. The summed E-state index contributed by atoms with van der Waals surface area (Å²) < 4.78 is 36.1. The number of pyridine rings is 1. The molecule has 2 aromatic heterocycles. The number of imidazole rings is 1. The standard InChI is InChI=1S/C19H21N3O.H2O4S/c1-13-5-8-15(9-6-13)19-16(11-18(23)21(3)4)22-12-14(2)7-10-17(22)20-19;1-5(2,3)4/h5-10,12H,11H2,1-4H3;(H2,1,2,3,4)/p-2. The van der Waals surface area contributed by atoms with E-state index in [1.165, 1.54) is 5.56 Å². The third kappa shape index (κ3) is 5.88. The van der Waals surface area contributed by atoms with Crippen LogP contribution in [0.4, 0.5) is 0 Å². The molecule has 0 radical (unpaired) electrons. The quantitative estimate of drug-likeness (QED) is 0.487. The number of amides is 1. The van der Waals surface area contributed by atoms with E-state index >= 15 is 0 Å². The Labute approximate surface area is 164 Å². The van der Waals surface area contributed by atoms with Gasteiger partial charge in [-0.3, -0.25) is 13.2 Å². The molecule has 150 valence electrons. The topological polar surface area (TPSA) is 118 Å². The molecule has 8 nitrogen and oxygen atoms in total. The van der Waals surface area contributed by atoms with Crippen molar-refractivity contribution in [1.29, 1.82) is 0 Å². The van der Waals surface area contributed by atoms with Crippen LogP contribution in [-0.4, -0.2) is 51.8 Å². The molecule has 0 saturated carbocycles. The number of aryl methyl sites for hydroxylation is 2. The van der Waals surface area contributed by atoms with Crippen LogP contribution < -0.4 is 0 Å². The summed E-state index contributed by atoms with van der Waals surface area (Å²) in [5, 5.41) is 0. The Hall–Kier alpha value is -2.75. The van der Waals surface area contributed by atoms with Crippen molar-refractivity contribution in [1.82, 2.24) is 14.3 Å². The van der Waals surface area contributed by atoms with Gasteiger partial charge in [0.05, 0.1) is 17.8 Å². The third-order valence-corrected chi connectivity index (χ3v) is 4.01. The van der Waals surface area contributed by atoms with Gasteiger partial charge in [0.2, 0.25) is 5.91 Å². The highest BCUT2D eigenvalue weighted by Crippen LogP contribution is 2.26. The Bertz CT molecular complexity index is 1080. The van der Waals surface area contributed by atoms with Crippen molar-refractivity contribution >= 4 is 22.0 Å². The van der Waals surface area contributed by atoms with Gasteiger partial charge in [0.15, 0.2) is 0 Å². The molecule has 0 atom stereocenters. The van der Waals surface area contributed by atoms with Crippen molar-refractivity contribution in [3.63, 3.8) is 0 Å². The summed E-state index contributed by atoms with van der Waals surface area (Å²) in [6.45, 7) is 4.11. The Morgan fingerprint density at radius 2 is 1.57 bits per heavy atom. The first kappa shape index (κ1) is 21.5. The average Bonchev–Trinajstić information content (AvgIpc) is 2.92. The smallest absolute Gasteiger partial charge is 0.228 e. The fourth-order valence-electron chi connectivity index (χ4n) is 2.61. The molecule has 28 heavy (non-hydrogen) atoms. The molecule has 0 aliphatic rings. The molecule has 3 rings (SSSR count). The largest absolute Gasteiger partial charge is 0.759 e. The van der Waals surface area contributed by atoms with Gasteiger partial charge in [-0.2, -0.15) is 0 Å². The number of aromatic nitrogens is 2. The summed E-state index contributed by atoms with van der Waals surface area (Å²) in [6.07, 6.45) is 2.37. The maximum absolute atomic E-state index is 12.3. The van der Waals surface area contributed by atoms with Gasteiger partial charge in [0.25, 0.3) is 0 Å². The van der Waals surface area contributed by atoms with Crippen LogP contribution in [0.15, 0.2) is 42.6 Å². The van der Waals surface area contributed by atoms with E-state index in [9.17, 15) is 4.79 Å². The molecular formula is C19H21N3O5S-2. The van der Waals surface area contributed by atoms with Crippen molar-refractivity contribution < 1.29 is 22.3 Å². The molecule has 0 spiro atoms. The number of carbonyl (C=O) groups is 1. The molecule has 0 saturated heterocycles. The monoisotopic (exact) mass is 403 g/mol. The van der Waals surface area contributed by atoms with E-state index in [2.05, 4.69) is 31.2 Å². The zero-order valence-electron chi connectivity index (χ0n) is 16.0. The van der Waals surface area contributed by atoms with Crippen molar-refractivity contribution in [2.45, 2.75) is 20.3 Å². The minimum Gasteiger partial charge on any atom is -0.759 e. The third-order valence-electron chi connectivity index (χ3n) is 4.01. The zero-order chi connectivity index (χ0) is 21.1. The second kappa shape index (κ2) is 8.51. The number of likely N-dealkylation sites (N-methyl/N-ethyl adjacent to an activating group) is 1. The highest BCUT2D eigenvalue weighted by Gasteiger charge is 2.18. The van der Waals surface area contributed by atoms with Crippen molar-refractivity contribution in [3.8, 4) is 11.3 Å². The van der Waals surface area contributed by atoms with Crippen LogP contribution in [0, 0.1) is 13.8 Å². The minimum atomic E-state index is -5.17. The van der Waals surface area contributed by atoms with Crippen LogP contribution in [0.1, 0.15) is 16.8 Å². The van der Waals surface area contributed by atoms with Crippen molar-refractivity contribution in [2.75, 3.05) is 14.1 Å². The van der Waals surface area contributed by atoms with Crippen LogP contribution in [0.3, 0.4) is 0 Å². The Balaban J connectivity index is 0.000000500. The molecule has 1 amide bonds. The lowest BCUT2D eigenvalue weighted by molar-refractivity contribution is -0.128. The van der Waals surface area contributed by atoms with E-state index in [1.807, 2.05) is 29.7 Å². The lowest BCUT2D eigenvalue weighted by atomic mass is 10.1. The molecule has 1 aromatic carbocycles. The summed E-state index contributed by atoms with van der Waals surface area (Å²) in [6, 6.07) is 12.3. The van der Waals surface area contributed by atoms with Crippen LogP contribution in [0.25, 0.3) is 16.9 Å². The fraction of sp³-hybridized carbons (Fsp3) is 0.263. The summed E-state index contributed by atoms with van der Waals surface area (Å²) in [5.74, 6) is 0.0710. The van der Waals surface area contributed by atoms with E-state index in [1.54, 1.807) is 19.0 Å². The van der Waals surface area contributed by atoms with E-state index in [0.717, 1.165) is 28.2 Å². The number of benzene rings is 1. The molecule has 2 heterocycles. The molecule has 0 fully saturated rings. The van der Waals surface area contributed by atoms with Gasteiger partial charge in [0.1, 0.15) is 5.65 Å². The highest BCUT2D eigenvalue weighted by molar-refractivity contribution is 7.79. The van der Waals surface area contributed by atoms with Gasteiger partial charge >= 0.3 is 0 Å². The summed E-state index contributed by atoms with van der Waals surface area (Å²) in [5.41, 5.74) is 6.08. The number of carbonyl (C=O) groups excluding carboxylic acids is 1. The van der Waals surface area contributed by atoms with Crippen LogP contribution in [-0.2, 0) is 21.6 Å².